The van der Waals surface area contributed by atoms with E-state index in [4.69, 9.17) is 5.73 Å². The molecule has 7 heteroatoms. The zero-order valence-corrected chi connectivity index (χ0v) is 7.89. The Balaban J connectivity index is 2.65. The summed E-state index contributed by atoms with van der Waals surface area (Å²) in [7, 11) is -3.19. The Morgan fingerprint density at radius 2 is 2.31 bits per heavy atom. The first-order chi connectivity index (χ1) is 5.91. The van der Waals surface area contributed by atoms with Crippen molar-refractivity contribution in [3.63, 3.8) is 0 Å². The maximum atomic E-state index is 11.0. The molecule has 0 aliphatic carbocycles. The van der Waals surface area contributed by atoms with Gasteiger partial charge in [-0.15, -0.1) is 0 Å². The van der Waals surface area contributed by atoms with Gasteiger partial charge in [-0.1, -0.05) is 0 Å². The molecule has 0 aromatic heterocycles. The van der Waals surface area contributed by atoms with E-state index in [1.165, 1.54) is 6.92 Å². The molecule has 0 bridgehead atoms. The van der Waals surface area contributed by atoms with Gasteiger partial charge in [0.15, 0.2) is 9.84 Å². The smallest absolute Gasteiger partial charge is 0.235 e. The number of nitrogens with one attached hydrogen (secondary N) is 2. The summed E-state index contributed by atoms with van der Waals surface area (Å²) >= 11 is 0. The van der Waals surface area contributed by atoms with E-state index in [-0.39, 0.29) is 11.7 Å². The number of sulfone groups is 1. The minimum atomic E-state index is -3.19. The standard InChI is InChI=1S/C6H11N3O3S/c1-4(10)8-9-6-3-13(11,12)2-5(6)7/h3,5,9H,2,7H2,1H3,(H,8,10). The second kappa shape index (κ2) is 3.35. The Kier molecular flexibility index (Phi) is 2.58. The van der Waals surface area contributed by atoms with Crippen molar-refractivity contribution in [2.24, 2.45) is 5.73 Å². The van der Waals surface area contributed by atoms with Crippen LogP contribution in [0.4, 0.5) is 0 Å². The SMILES string of the molecule is CC(=O)NNC1=CS(=O)(=O)CC1N. The van der Waals surface area contributed by atoms with Crippen LogP contribution in [0.1, 0.15) is 6.92 Å². The van der Waals surface area contributed by atoms with Gasteiger partial charge in [0.1, 0.15) is 0 Å². The number of carbonyl (C=O) groups is 1. The van der Waals surface area contributed by atoms with Gasteiger partial charge in [0.25, 0.3) is 0 Å². The van der Waals surface area contributed by atoms with Gasteiger partial charge in [-0.05, 0) is 0 Å². The van der Waals surface area contributed by atoms with Crippen molar-refractivity contribution in [2.75, 3.05) is 5.75 Å². The highest BCUT2D eigenvalue weighted by atomic mass is 32.2. The number of nitrogens with two attached hydrogens (primary N) is 1. The molecule has 0 saturated carbocycles. The number of hydrogen-bond donors (Lipinski definition) is 3. The largest absolute Gasteiger partial charge is 0.322 e. The zero-order chi connectivity index (χ0) is 10.1. The van der Waals surface area contributed by atoms with E-state index in [0.717, 1.165) is 5.41 Å². The molecule has 1 atom stereocenters. The lowest BCUT2D eigenvalue weighted by Gasteiger charge is -2.10. The number of amides is 1. The van der Waals surface area contributed by atoms with E-state index in [0.29, 0.717) is 5.70 Å². The molecule has 0 radical (unpaired) electrons. The van der Waals surface area contributed by atoms with E-state index in [9.17, 15) is 13.2 Å². The Hall–Kier alpha value is -1.08. The third kappa shape index (κ3) is 2.71. The molecular weight excluding hydrogens is 194 g/mol. The molecule has 0 aromatic carbocycles. The van der Waals surface area contributed by atoms with Crippen LogP contribution < -0.4 is 16.6 Å². The second-order valence-corrected chi connectivity index (χ2v) is 4.71. The molecule has 0 aromatic rings. The van der Waals surface area contributed by atoms with Gasteiger partial charge in [0.2, 0.25) is 5.91 Å². The second-order valence-electron chi connectivity index (χ2n) is 2.82. The van der Waals surface area contributed by atoms with Gasteiger partial charge in [-0.3, -0.25) is 10.2 Å². The maximum Gasteiger partial charge on any atom is 0.235 e. The summed E-state index contributed by atoms with van der Waals surface area (Å²) in [5, 5.41) is 1.04. The van der Waals surface area contributed by atoms with Crippen LogP contribution in [0, 0.1) is 0 Å². The highest BCUT2D eigenvalue weighted by Crippen LogP contribution is 2.11. The van der Waals surface area contributed by atoms with Crippen molar-refractivity contribution in [1.29, 1.82) is 0 Å². The van der Waals surface area contributed by atoms with Crippen LogP contribution in [0.15, 0.2) is 11.1 Å². The summed E-state index contributed by atoms with van der Waals surface area (Å²) in [6, 6.07) is -0.586. The highest BCUT2D eigenvalue weighted by Gasteiger charge is 2.26. The van der Waals surface area contributed by atoms with Gasteiger partial charge in [-0.2, -0.15) is 0 Å². The maximum absolute atomic E-state index is 11.0. The van der Waals surface area contributed by atoms with Crippen LogP contribution in [-0.4, -0.2) is 26.1 Å². The van der Waals surface area contributed by atoms with Crippen LogP contribution in [0.3, 0.4) is 0 Å². The minimum Gasteiger partial charge on any atom is -0.322 e. The Morgan fingerprint density at radius 1 is 1.69 bits per heavy atom. The zero-order valence-electron chi connectivity index (χ0n) is 7.07. The quantitative estimate of drug-likeness (QED) is 0.463. The average molecular weight is 205 g/mol. The third-order valence-corrected chi connectivity index (χ3v) is 2.94. The molecule has 6 nitrogen and oxygen atoms in total. The number of hydrazine groups is 1. The topological polar surface area (TPSA) is 101 Å². The van der Waals surface area contributed by atoms with Gasteiger partial charge in [-0.25, -0.2) is 8.42 Å². The molecule has 1 rings (SSSR count). The molecule has 0 spiro atoms. The fourth-order valence-corrected chi connectivity index (χ4v) is 2.35. The van der Waals surface area contributed by atoms with Gasteiger partial charge >= 0.3 is 0 Å². The number of hydrogen-bond acceptors (Lipinski definition) is 5. The first kappa shape index (κ1) is 10.0. The monoisotopic (exact) mass is 205 g/mol. The predicted octanol–water partition coefficient (Wildman–Crippen LogP) is -1.78. The van der Waals surface area contributed by atoms with Gasteiger partial charge in [0.05, 0.1) is 22.9 Å². The summed E-state index contributed by atoms with van der Waals surface area (Å²) in [5.41, 5.74) is 10.5. The molecule has 1 heterocycles. The summed E-state index contributed by atoms with van der Waals surface area (Å²) in [6.45, 7) is 1.31. The fraction of sp³-hybridized carbons (Fsp3) is 0.500. The number of rotatable bonds is 2. The normalized spacial score (nSPS) is 25.1. The van der Waals surface area contributed by atoms with Crippen LogP contribution >= 0.6 is 0 Å². The molecule has 4 N–H and O–H groups in total. The van der Waals surface area contributed by atoms with Gasteiger partial charge in [0, 0.05) is 6.92 Å². The van der Waals surface area contributed by atoms with E-state index in [1.807, 2.05) is 0 Å². The van der Waals surface area contributed by atoms with Crippen LogP contribution in [0.25, 0.3) is 0 Å². The molecule has 1 aliphatic heterocycles. The Labute approximate surface area is 76.1 Å². The van der Waals surface area contributed by atoms with E-state index in [1.54, 1.807) is 0 Å². The molecule has 0 fully saturated rings. The minimum absolute atomic E-state index is 0.116. The molecular formula is C6H11N3O3S. The third-order valence-electron chi connectivity index (χ3n) is 1.50. The Morgan fingerprint density at radius 3 is 2.69 bits per heavy atom. The Bertz CT molecular complexity index is 346. The molecule has 0 saturated heterocycles. The first-order valence-corrected chi connectivity index (χ1v) is 5.35. The van der Waals surface area contributed by atoms with Crippen molar-refractivity contribution in [3.8, 4) is 0 Å². The first-order valence-electron chi connectivity index (χ1n) is 3.63. The lowest BCUT2D eigenvalue weighted by molar-refractivity contribution is -0.119. The fourth-order valence-electron chi connectivity index (χ4n) is 0.951. The summed E-state index contributed by atoms with van der Waals surface area (Å²) in [5.74, 6) is -0.424. The van der Waals surface area contributed by atoms with Crippen LogP contribution in [-0.2, 0) is 14.6 Å². The highest BCUT2D eigenvalue weighted by molar-refractivity contribution is 7.94. The predicted molar refractivity (Wildman–Crippen MR) is 46.8 cm³/mol. The summed E-state index contributed by atoms with van der Waals surface area (Å²) in [4.78, 5) is 10.5. The summed E-state index contributed by atoms with van der Waals surface area (Å²) in [6.07, 6.45) is 0. The molecule has 1 amide bonds. The molecule has 74 valence electrons. The van der Waals surface area contributed by atoms with Crippen molar-refractivity contribution in [3.05, 3.63) is 11.1 Å². The van der Waals surface area contributed by atoms with Crippen LogP contribution in [0.2, 0.25) is 0 Å². The van der Waals surface area contributed by atoms with Crippen molar-refractivity contribution >= 4 is 15.7 Å². The molecule has 13 heavy (non-hydrogen) atoms. The van der Waals surface area contributed by atoms with E-state index < -0.39 is 15.9 Å². The average Bonchev–Trinajstić information content (AvgIpc) is 2.20. The lowest BCUT2D eigenvalue weighted by atomic mass is 10.3. The van der Waals surface area contributed by atoms with Crippen molar-refractivity contribution in [2.45, 2.75) is 13.0 Å². The van der Waals surface area contributed by atoms with Crippen molar-refractivity contribution in [1.82, 2.24) is 10.9 Å². The van der Waals surface area contributed by atoms with E-state index in [2.05, 4.69) is 10.9 Å². The molecule has 1 unspecified atom stereocenters. The van der Waals surface area contributed by atoms with E-state index >= 15 is 0 Å². The van der Waals surface area contributed by atoms with Gasteiger partial charge < -0.3 is 11.2 Å². The van der Waals surface area contributed by atoms with Crippen molar-refractivity contribution < 1.29 is 13.2 Å². The number of carbonyl (C=O) groups excluding carboxylic acids is 1. The molecule has 1 aliphatic rings. The lowest BCUT2D eigenvalue weighted by Crippen LogP contribution is -2.41. The summed E-state index contributed by atoms with van der Waals surface area (Å²) < 4.78 is 22.0. The van der Waals surface area contributed by atoms with Crippen LogP contribution in [0.5, 0.6) is 0 Å².